The van der Waals surface area contributed by atoms with E-state index in [2.05, 4.69) is 39.9 Å². The van der Waals surface area contributed by atoms with E-state index in [1.54, 1.807) is 0 Å². The number of thiophene rings is 1. The van der Waals surface area contributed by atoms with E-state index in [0.717, 1.165) is 56.6 Å². The first kappa shape index (κ1) is 18.8. The van der Waals surface area contributed by atoms with Gasteiger partial charge in [-0.2, -0.15) is 0 Å². The Balaban J connectivity index is 1.61. The normalized spacial score (nSPS) is 17.7. The number of nitrogens with zero attached hydrogens (tertiary/aromatic N) is 4. The van der Waals surface area contributed by atoms with Crippen molar-refractivity contribution in [1.82, 2.24) is 25.4 Å². The van der Waals surface area contributed by atoms with Crippen LogP contribution in [0.3, 0.4) is 0 Å². The third-order valence-electron chi connectivity index (χ3n) is 4.58. The van der Waals surface area contributed by atoms with Crippen LogP contribution < -0.4 is 10.6 Å². The second-order valence-corrected chi connectivity index (χ2v) is 7.73. The summed E-state index contributed by atoms with van der Waals surface area (Å²) < 4.78 is 7.67. The fourth-order valence-corrected chi connectivity index (χ4v) is 3.70. The summed E-state index contributed by atoms with van der Waals surface area (Å²) in [5.41, 5.74) is 0. The third-order valence-corrected chi connectivity index (χ3v) is 5.81. The molecule has 0 radical (unpaired) electrons. The SMILES string of the molecule is CCc1ccc(CNC(=NCc2nnc(C)n2C)NCC2CCCO2)s1. The highest BCUT2D eigenvalue weighted by atomic mass is 32.1. The number of aliphatic imine (C=N–C) groups is 1. The van der Waals surface area contributed by atoms with E-state index in [1.165, 1.54) is 9.75 Å². The first-order valence-corrected chi connectivity index (χ1v) is 10.0. The van der Waals surface area contributed by atoms with Gasteiger partial charge in [-0.15, -0.1) is 21.5 Å². The van der Waals surface area contributed by atoms with Crippen molar-refractivity contribution in [2.45, 2.75) is 52.3 Å². The number of aromatic nitrogens is 3. The van der Waals surface area contributed by atoms with Gasteiger partial charge in [0.2, 0.25) is 0 Å². The molecule has 1 saturated heterocycles. The molecule has 2 N–H and O–H groups in total. The Kier molecular flexibility index (Phi) is 6.62. The van der Waals surface area contributed by atoms with Crippen molar-refractivity contribution in [2.24, 2.45) is 12.0 Å². The number of guanidine groups is 1. The van der Waals surface area contributed by atoms with Crippen LogP contribution in [0.5, 0.6) is 0 Å². The van der Waals surface area contributed by atoms with Crippen molar-refractivity contribution in [3.63, 3.8) is 0 Å². The number of rotatable bonds is 7. The maximum Gasteiger partial charge on any atom is 0.192 e. The summed E-state index contributed by atoms with van der Waals surface area (Å²) in [6, 6.07) is 4.38. The van der Waals surface area contributed by atoms with E-state index >= 15 is 0 Å². The zero-order valence-corrected chi connectivity index (χ0v) is 16.6. The second kappa shape index (κ2) is 9.14. The summed E-state index contributed by atoms with van der Waals surface area (Å²) in [4.78, 5) is 7.40. The Morgan fingerprint density at radius 1 is 1.35 bits per heavy atom. The molecule has 7 nitrogen and oxygen atoms in total. The number of hydrogen-bond donors (Lipinski definition) is 2. The molecule has 1 aliphatic rings. The Hall–Kier alpha value is -1.93. The van der Waals surface area contributed by atoms with Gasteiger partial charge in [-0.05, 0) is 38.3 Å². The van der Waals surface area contributed by atoms with Gasteiger partial charge in [-0.25, -0.2) is 4.99 Å². The van der Waals surface area contributed by atoms with Crippen LogP contribution in [0.4, 0.5) is 0 Å². The Labute approximate surface area is 158 Å². The van der Waals surface area contributed by atoms with E-state index < -0.39 is 0 Å². The highest BCUT2D eigenvalue weighted by Crippen LogP contribution is 2.16. The molecule has 0 spiro atoms. The third kappa shape index (κ3) is 5.04. The molecule has 0 saturated carbocycles. The van der Waals surface area contributed by atoms with Crippen molar-refractivity contribution >= 4 is 17.3 Å². The molecule has 1 fully saturated rings. The molecule has 2 aromatic heterocycles. The zero-order valence-electron chi connectivity index (χ0n) is 15.8. The highest BCUT2D eigenvalue weighted by Gasteiger charge is 2.16. The van der Waals surface area contributed by atoms with Gasteiger partial charge in [0.25, 0.3) is 0 Å². The topological polar surface area (TPSA) is 76.4 Å². The molecule has 26 heavy (non-hydrogen) atoms. The van der Waals surface area contributed by atoms with Gasteiger partial charge in [0.05, 0.1) is 12.6 Å². The molecule has 0 aliphatic carbocycles. The lowest BCUT2D eigenvalue weighted by Crippen LogP contribution is -2.40. The van der Waals surface area contributed by atoms with Gasteiger partial charge >= 0.3 is 0 Å². The van der Waals surface area contributed by atoms with Crippen LogP contribution in [0.15, 0.2) is 17.1 Å². The van der Waals surface area contributed by atoms with Crippen LogP contribution in [0.1, 0.15) is 41.2 Å². The largest absolute Gasteiger partial charge is 0.376 e. The van der Waals surface area contributed by atoms with Gasteiger partial charge in [-0.3, -0.25) is 0 Å². The van der Waals surface area contributed by atoms with Crippen molar-refractivity contribution in [1.29, 1.82) is 0 Å². The van der Waals surface area contributed by atoms with Gasteiger partial charge < -0.3 is 19.9 Å². The predicted molar refractivity (Wildman–Crippen MR) is 104 cm³/mol. The fraction of sp³-hybridized carbons (Fsp3) is 0.611. The quantitative estimate of drug-likeness (QED) is 0.572. The van der Waals surface area contributed by atoms with E-state index in [1.807, 2.05) is 29.9 Å². The van der Waals surface area contributed by atoms with E-state index in [9.17, 15) is 0 Å². The Morgan fingerprint density at radius 2 is 2.19 bits per heavy atom. The molecule has 1 aliphatic heterocycles. The van der Waals surface area contributed by atoms with Crippen molar-refractivity contribution in [3.05, 3.63) is 33.5 Å². The van der Waals surface area contributed by atoms with Crippen molar-refractivity contribution < 1.29 is 4.74 Å². The molecule has 2 aromatic rings. The molecule has 0 aromatic carbocycles. The number of nitrogens with one attached hydrogen (secondary N) is 2. The molecular formula is C18H28N6OS. The molecule has 142 valence electrons. The maximum absolute atomic E-state index is 5.70. The van der Waals surface area contributed by atoms with Crippen LogP contribution in [0.25, 0.3) is 0 Å². The Bertz CT molecular complexity index is 732. The molecule has 0 bridgehead atoms. The predicted octanol–water partition coefficient (Wildman–Crippen LogP) is 2.16. The smallest absolute Gasteiger partial charge is 0.192 e. The molecule has 0 amide bonds. The lowest BCUT2D eigenvalue weighted by Gasteiger charge is -2.15. The lowest BCUT2D eigenvalue weighted by atomic mass is 10.2. The van der Waals surface area contributed by atoms with Crippen LogP contribution in [0.2, 0.25) is 0 Å². The highest BCUT2D eigenvalue weighted by molar-refractivity contribution is 7.11. The monoisotopic (exact) mass is 376 g/mol. The van der Waals surface area contributed by atoms with E-state index in [-0.39, 0.29) is 6.10 Å². The summed E-state index contributed by atoms with van der Waals surface area (Å²) in [5.74, 6) is 2.53. The molecule has 3 rings (SSSR count). The zero-order chi connectivity index (χ0) is 18.4. The average molecular weight is 377 g/mol. The summed E-state index contributed by atoms with van der Waals surface area (Å²) in [5, 5.41) is 15.1. The standard InChI is InChI=1S/C18H28N6OS/c1-4-15-7-8-16(26-15)11-20-18(19-10-14-6-5-9-25-14)21-12-17-23-22-13(2)24(17)3/h7-8,14H,4-6,9-12H2,1-3H3,(H2,19,20,21). The van der Waals surface area contributed by atoms with Crippen LogP contribution in [-0.4, -0.2) is 40.0 Å². The minimum Gasteiger partial charge on any atom is -0.376 e. The molecule has 1 unspecified atom stereocenters. The number of ether oxygens (including phenoxy) is 1. The van der Waals surface area contributed by atoms with Crippen LogP contribution in [0, 0.1) is 6.92 Å². The Morgan fingerprint density at radius 3 is 2.85 bits per heavy atom. The fourth-order valence-electron chi connectivity index (χ4n) is 2.81. The molecule has 3 heterocycles. The number of aryl methyl sites for hydroxylation is 2. The van der Waals surface area contributed by atoms with E-state index in [0.29, 0.717) is 6.54 Å². The molecule has 1 atom stereocenters. The van der Waals surface area contributed by atoms with Gasteiger partial charge in [0, 0.05) is 30.0 Å². The minimum absolute atomic E-state index is 0.271. The summed E-state index contributed by atoms with van der Waals surface area (Å²) in [7, 11) is 1.96. The first-order chi connectivity index (χ1) is 12.7. The van der Waals surface area contributed by atoms with Gasteiger partial charge in [0.1, 0.15) is 12.4 Å². The van der Waals surface area contributed by atoms with E-state index in [4.69, 9.17) is 9.73 Å². The first-order valence-electron chi connectivity index (χ1n) is 9.22. The van der Waals surface area contributed by atoms with Crippen LogP contribution in [-0.2, 0) is 31.3 Å². The minimum atomic E-state index is 0.271. The summed E-state index contributed by atoms with van der Waals surface area (Å²) in [6.07, 6.45) is 3.59. The summed E-state index contributed by atoms with van der Waals surface area (Å²) in [6.45, 7) is 7.01. The lowest BCUT2D eigenvalue weighted by molar-refractivity contribution is 0.114. The number of hydrogen-bond acceptors (Lipinski definition) is 5. The average Bonchev–Trinajstić information content (AvgIpc) is 3.38. The molecular weight excluding hydrogens is 348 g/mol. The van der Waals surface area contributed by atoms with Crippen molar-refractivity contribution in [3.8, 4) is 0 Å². The second-order valence-electron chi connectivity index (χ2n) is 6.48. The molecule has 8 heteroatoms. The van der Waals surface area contributed by atoms with Crippen molar-refractivity contribution in [2.75, 3.05) is 13.2 Å². The van der Waals surface area contributed by atoms with Gasteiger partial charge in [0.15, 0.2) is 11.8 Å². The van der Waals surface area contributed by atoms with Gasteiger partial charge in [-0.1, -0.05) is 6.92 Å². The van der Waals surface area contributed by atoms with Crippen LogP contribution >= 0.6 is 11.3 Å². The maximum atomic E-state index is 5.70. The summed E-state index contributed by atoms with van der Waals surface area (Å²) >= 11 is 1.84.